The van der Waals surface area contributed by atoms with Crippen molar-refractivity contribution < 1.29 is 19.5 Å². The van der Waals surface area contributed by atoms with Crippen LogP contribution in [-0.4, -0.2) is 35.1 Å². The van der Waals surface area contributed by atoms with E-state index in [-0.39, 0.29) is 17.7 Å². The number of fused-ring (bicyclic) bond motifs is 1. The molecule has 7 nitrogen and oxygen atoms in total. The molecule has 2 rings (SSSR count). The van der Waals surface area contributed by atoms with Gasteiger partial charge in [0.1, 0.15) is 12.1 Å². The molecule has 2 atom stereocenters. The largest absolute Gasteiger partial charge is 0.480 e. The number of carboxylic acids is 1. The van der Waals surface area contributed by atoms with Crippen LogP contribution in [0.1, 0.15) is 27.7 Å². The summed E-state index contributed by atoms with van der Waals surface area (Å²) >= 11 is 0. The van der Waals surface area contributed by atoms with Gasteiger partial charge in [0.05, 0.1) is 11.4 Å². The Hall–Kier alpha value is -2.57. The Bertz CT molecular complexity index is 657. The van der Waals surface area contributed by atoms with Gasteiger partial charge in [-0.3, -0.25) is 9.69 Å². The Balaban J connectivity index is 2.41. The maximum absolute atomic E-state index is 12.8. The smallest absolute Gasteiger partial charge is 0.326 e. The number of rotatable bonds is 4. The van der Waals surface area contributed by atoms with E-state index in [1.165, 1.54) is 4.90 Å². The number of carbonyl (C=O) groups excluding carboxylic acids is 2. The second-order valence-electron chi connectivity index (χ2n) is 6.57. The molecule has 0 aliphatic carbocycles. The van der Waals surface area contributed by atoms with Gasteiger partial charge in [-0.2, -0.15) is 0 Å². The minimum Gasteiger partial charge on any atom is -0.480 e. The average Bonchev–Trinajstić information content (AvgIpc) is 2.49. The monoisotopic (exact) mass is 333 g/mol. The van der Waals surface area contributed by atoms with Crippen molar-refractivity contribution in [1.29, 1.82) is 0 Å². The van der Waals surface area contributed by atoms with Crippen molar-refractivity contribution in [3.05, 3.63) is 24.3 Å². The first-order chi connectivity index (χ1) is 11.2. The summed E-state index contributed by atoms with van der Waals surface area (Å²) in [5.74, 6) is -1.80. The van der Waals surface area contributed by atoms with Gasteiger partial charge in [-0.15, -0.1) is 0 Å². The summed E-state index contributed by atoms with van der Waals surface area (Å²) in [6.07, 6.45) is 0. The molecule has 1 aromatic rings. The van der Waals surface area contributed by atoms with Gasteiger partial charge in [0.2, 0.25) is 5.91 Å². The normalized spacial score (nSPS) is 18.2. The maximum Gasteiger partial charge on any atom is 0.326 e. The summed E-state index contributed by atoms with van der Waals surface area (Å²) in [7, 11) is 0. The van der Waals surface area contributed by atoms with Crippen molar-refractivity contribution in [2.45, 2.75) is 39.8 Å². The first kappa shape index (κ1) is 17.8. The molecular formula is C17H23N3O4. The molecular weight excluding hydrogens is 310 g/mol. The lowest BCUT2D eigenvalue weighted by molar-refractivity contribution is -0.140. The zero-order valence-electron chi connectivity index (χ0n) is 14.2. The molecule has 0 bridgehead atoms. The van der Waals surface area contributed by atoms with Gasteiger partial charge in [-0.1, -0.05) is 39.8 Å². The Kier molecular flexibility index (Phi) is 5.11. The SMILES string of the molecule is CC(C)[C@H]1C(=O)Nc2ccccc2N1C(=O)N[C@@H](C(=O)O)C(C)C. The van der Waals surface area contributed by atoms with Gasteiger partial charge in [0.15, 0.2) is 0 Å². The molecule has 0 saturated carbocycles. The minimum absolute atomic E-state index is 0.133. The molecule has 1 heterocycles. The van der Waals surface area contributed by atoms with Crippen molar-refractivity contribution >= 4 is 29.3 Å². The number of amides is 3. The van der Waals surface area contributed by atoms with Crippen molar-refractivity contribution in [2.75, 3.05) is 10.2 Å². The molecule has 0 aromatic heterocycles. The first-order valence-electron chi connectivity index (χ1n) is 7.96. The highest BCUT2D eigenvalue weighted by molar-refractivity contribution is 6.12. The van der Waals surface area contributed by atoms with Crippen LogP contribution in [0.5, 0.6) is 0 Å². The quantitative estimate of drug-likeness (QED) is 0.787. The zero-order chi connectivity index (χ0) is 18.0. The molecule has 0 fully saturated rings. The number of benzene rings is 1. The number of carbonyl (C=O) groups is 3. The molecule has 0 unspecified atom stereocenters. The first-order valence-corrected chi connectivity index (χ1v) is 7.96. The third-order valence-corrected chi connectivity index (χ3v) is 4.03. The van der Waals surface area contributed by atoms with Crippen LogP contribution in [0, 0.1) is 11.8 Å². The molecule has 3 N–H and O–H groups in total. The molecule has 1 aliphatic heterocycles. The average molecular weight is 333 g/mol. The molecule has 130 valence electrons. The summed E-state index contributed by atoms with van der Waals surface area (Å²) in [5, 5.41) is 14.6. The predicted molar refractivity (Wildman–Crippen MR) is 91.0 cm³/mol. The molecule has 7 heteroatoms. The Morgan fingerprint density at radius 3 is 2.38 bits per heavy atom. The van der Waals surface area contributed by atoms with Crippen molar-refractivity contribution in [1.82, 2.24) is 5.32 Å². The van der Waals surface area contributed by atoms with E-state index in [9.17, 15) is 19.5 Å². The van der Waals surface area contributed by atoms with E-state index in [1.54, 1.807) is 38.1 Å². The van der Waals surface area contributed by atoms with Crippen LogP contribution in [-0.2, 0) is 9.59 Å². The standard InChI is InChI=1S/C17H23N3O4/c1-9(2)13(16(22)23)19-17(24)20-12-8-6-5-7-11(12)18-15(21)14(20)10(3)4/h5-10,13-14H,1-4H3,(H,18,21)(H,19,24)(H,22,23)/t13-,14+/m1/s1. The predicted octanol–water partition coefficient (Wildman–Crippen LogP) is 2.29. The number of hydrogen-bond donors (Lipinski definition) is 3. The van der Waals surface area contributed by atoms with Gasteiger partial charge < -0.3 is 15.7 Å². The van der Waals surface area contributed by atoms with E-state index in [4.69, 9.17) is 0 Å². The Morgan fingerprint density at radius 1 is 1.21 bits per heavy atom. The van der Waals surface area contributed by atoms with E-state index < -0.39 is 24.1 Å². The highest BCUT2D eigenvalue weighted by atomic mass is 16.4. The number of aliphatic carboxylic acids is 1. The summed E-state index contributed by atoms with van der Waals surface area (Å²) < 4.78 is 0. The van der Waals surface area contributed by atoms with Crippen molar-refractivity contribution in [2.24, 2.45) is 11.8 Å². The number of nitrogens with zero attached hydrogens (tertiary/aromatic N) is 1. The van der Waals surface area contributed by atoms with Crippen LogP contribution >= 0.6 is 0 Å². The van der Waals surface area contributed by atoms with Gasteiger partial charge in [0.25, 0.3) is 0 Å². The summed E-state index contributed by atoms with van der Waals surface area (Å²) in [5.41, 5.74) is 1.09. The van der Waals surface area contributed by atoms with Crippen molar-refractivity contribution in [3.63, 3.8) is 0 Å². The lowest BCUT2D eigenvalue weighted by atomic mass is 9.97. The minimum atomic E-state index is -1.10. The highest BCUT2D eigenvalue weighted by Crippen LogP contribution is 2.34. The fraction of sp³-hybridized carbons (Fsp3) is 0.471. The second kappa shape index (κ2) is 6.90. The fourth-order valence-corrected chi connectivity index (χ4v) is 2.82. The van der Waals surface area contributed by atoms with Crippen LogP contribution in [0.4, 0.5) is 16.2 Å². The molecule has 3 amide bonds. The number of urea groups is 1. The van der Waals surface area contributed by atoms with E-state index in [0.717, 1.165) is 0 Å². The van der Waals surface area contributed by atoms with Gasteiger partial charge in [-0.05, 0) is 24.0 Å². The molecule has 0 spiro atoms. The number of carboxylic acid groups (broad SMARTS) is 1. The molecule has 0 saturated heterocycles. The summed E-state index contributed by atoms with van der Waals surface area (Å²) in [4.78, 5) is 38.0. The number of hydrogen-bond acceptors (Lipinski definition) is 3. The number of nitrogens with one attached hydrogen (secondary N) is 2. The van der Waals surface area contributed by atoms with Gasteiger partial charge in [-0.25, -0.2) is 9.59 Å². The van der Waals surface area contributed by atoms with Gasteiger partial charge >= 0.3 is 12.0 Å². The van der Waals surface area contributed by atoms with Crippen LogP contribution in [0.25, 0.3) is 0 Å². The van der Waals surface area contributed by atoms with E-state index in [2.05, 4.69) is 10.6 Å². The zero-order valence-corrected chi connectivity index (χ0v) is 14.2. The summed E-state index contributed by atoms with van der Waals surface area (Å²) in [6.45, 7) is 7.12. The van der Waals surface area contributed by atoms with Gasteiger partial charge in [0, 0.05) is 0 Å². The molecule has 1 aromatic carbocycles. The lowest BCUT2D eigenvalue weighted by Crippen LogP contribution is -2.59. The summed E-state index contributed by atoms with van der Waals surface area (Å²) in [6, 6.07) is 4.65. The van der Waals surface area contributed by atoms with Crippen molar-refractivity contribution in [3.8, 4) is 0 Å². The molecule has 24 heavy (non-hydrogen) atoms. The van der Waals surface area contributed by atoms with E-state index >= 15 is 0 Å². The van der Waals surface area contributed by atoms with E-state index in [0.29, 0.717) is 11.4 Å². The third kappa shape index (κ3) is 3.34. The Labute approximate surface area is 141 Å². The Morgan fingerprint density at radius 2 is 1.83 bits per heavy atom. The van der Waals surface area contributed by atoms with Crippen LogP contribution in [0.15, 0.2) is 24.3 Å². The number of anilines is 2. The second-order valence-corrected chi connectivity index (χ2v) is 6.57. The third-order valence-electron chi connectivity index (χ3n) is 4.03. The van der Waals surface area contributed by atoms with Crippen LogP contribution in [0.3, 0.4) is 0 Å². The van der Waals surface area contributed by atoms with E-state index in [1.807, 2.05) is 13.8 Å². The molecule has 0 radical (unpaired) electrons. The topological polar surface area (TPSA) is 98.7 Å². The fourth-order valence-electron chi connectivity index (χ4n) is 2.82. The van der Waals surface area contributed by atoms with Crippen LogP contribution < -0.4 is 15.5 Å². The highest BCUT2D eigenvalue weighted by Gasteiger charge is 2.40. The number of para-hydroxylation sites is 2. The lowest BCUT2D eigenvalue weighted by Gasteiger charge is -2.39. The maximum atomic E-state index is 12.8. The van der Waals surface area contributed by atoms with Crippen LogP contribution in [0.2, 0.25) is 0 Å². The molecule has 1 aliphatic rings.